The first-order valence-electron chi connectivity index (χ1n) is 9.68. The maximum Gasteiger partial charge on any atom is 0.387 e. The standard InChI is InChI=1S/C25H17ClF2N2O2/c26-20-6-4-5-18(15-20)24-19(16-30(29-24)21-7-2-1-3-8-21)11-14-23(31)17-9-12-22(13-10-17)32-25(27)28/h1-16,25H/b14-11+. The van der Waals surface area contributed by atoms with Gasteiger partial charge in [0.05, 0.1) is 11.4 Å². The predicted molar refractivity (Wildman–Crippen MR) is 120 cm³/mol. The monoisotopic (exact) mass is 450 g/mol. The summed E-state index contributed by atoms with van der Waals surface area (Å²) in [6, 6.07) is 22.5. The highest BCUT2D eigenvalue weighted by atomic mass is 35.5. The third-order valence-corrected chi connectivity index (χ3v) is 4.87. The Bertz CT molecular complexity index is 1250. The van der Waals surface area contributed by atoms with Gasteiger partial charge in [0.2, 0.25) is 0 Å². The van der Waals surface area contributed by atoms with Crippen LogP contribution >= 0.6 is 11.6 Å². The number of carbonyl (C=O) groups excluding carboxylic acids is 1. The van der Waals surface area contributed by atoms with Crippen LogP contribution in [0.25, 0.3) is 23.0 Å². The molecule has 0 aliphatic carbocycles. The molecule has 7 heteroatoms. The van der Waals surface area contributed by atoms with Crippen molar-refractivity contribution in [3.05, 3.63) is 107 Å². The lowest BCUT2D eigenvalue weighted by Gasteiger charge is -2.04. The Balaban J connectivity index is 1.65. The zero-order valence-corrected chi connectivity index (χ0v) is 17.4. The molecular formula is C25H17ClF2N2O2. The second-order valence-electron chi connectivity index (χ2n) is 6.82. The van der Waals surface area contributed by atoms with E-state index in [9.17, 15) is 13.6 Å². The lowest BCUT2D eigenvalue weighted by Crippen LogP contribution is -2.02. The first-order chi connectivity index (χ1) is 15.5. The van der Waals surface area contributed by atoms with Crippen LogP contribution in [0, 0.1) is 0 Å². The van der Waals surface area contributed by atoms with Gasteiger partial charge < -0.3 is 4.74 Å². The zero-order chi connectivity index (χ0) is 22.5. The van der Waals surface area contributed by atoms with Crippen molar-refractivity contribution in [3.63, 3.8) is 0 Å². The number of ether oxygens (including phenoxy) is 1. The molecule has 0 radical (unpaired) electrons. The molecule has 0 bridgehead atoms. The largest absolute Gasteiger partial charge is 0.435 e. The average Bonchev–Trinajstić information content (AvgIpc) is 3.22. The Hall–Kier alpha value is -3.77. The molecule has 0 aliphatic rings. The molecule has 0 amide bonds. The van der Waals surface area contributed by atoms with Crippen molar-refractivity contribution < 1.29 is 18.3 Å². The van der Waals surface area contributed by atoms with Crippen LogP contribution in [-0.2, 0) is 0 Å². The van der Waals surface area contributed by atoms with Crippen LogP contribution in [-0.4, -0.2) is 22.2 Å². The number of allylic oxidation sites excluding steroid dienone is 1. The number of carbonyl (C=O) groups is 1. The maximum atomic E-state index is 12.6. The van der Waals surface area contributed by atoms with Gasteiger partial charge in [0.1, 0.15) is 5.75 Å². The molecule has 0 fully saturated rings. The van der Waals surface area contributed by atoms with E-state index < -0.39 is 6.61 Å². The first-order valence-corrected chi connectivity index (χ1v) is 10.1. The van der Waals surface area contributed by atoms with Crippen molar-refractivity contribution in [2.24, 2.45) is 0 Å². The number of benzene rings is 3. The molecule has 4 rings (SSSR count). The van der Waals surface area contributed by atoms with Crippen LogP contribution in [0.3, 0.4) is 0 Å². The summed E-state index contributed by atoms with van der Waals surface area (Å²) in [5.74, 6) is -0.286. The summed E-state index contributed by atoms with van der Waals surface area (Å²) < 4.78 is 30.6. The first kappa shape index (κ1) is 21.5. The summed E-state index contributed by atoms with van der Waals surface area (Å²) in [6.07, 6.45) is 4.92. The number of nitrogens with zero attached hydrogens (tertiary/aromatic N) is 2. The Morgan fingerprint density at radius 3 is 2.44 bits per heavy atom. The Kier molecular flexibility index (Phi) is 6.42. The summed E-state index contributed by atoms with van der Waals surface area (Å²) >= 11 is 6.16. The molecule has 1 aromatic heterocycles. The summed E-state index contributed by atoms with van der Waals surface area (Å²) in [4.78, 5) is 12.6. The van der Waals surface area contributed by atoms with Crippen LogP contribution in [0.5, 0.6) is 5.75 Å². The Labute approximate surface area is 188 Å². The Morgan fingerprint density at radius 1 is 1.00 bits per heavy atom. The summed E-state index contributed by atoms with van der Waals surface area (Å²) in [7, 11) is 0. The van der Waals surface area contributed by atoms with Crippen LogP contribution in [0.4, 0.5) is 8.78 Å². The lowest BCUT2D eigenvalue weighted by molar-refractivity contribution is -0.0498. The van der Waals surface area contributed by atoms with Crippen LogP contribution in [0.2, 0.25) is 5.02 Å². The van der Waals surface area contributed by atoms with E-state index in [1.807, 2.05) is 48.7 Å². The molecule has 0 saturated heterocycles. The van der Waals surface area contributed by atoms with Crippen molar-refractivity contribution in [2.45, 2.75) is 6.61 Å². The number of alkyl halides is 2. The van der Waals surface area contributed by atoms with Gasteiger partial charge in [-0.05, 0) is 60.7 Å². The van der Waals surface area contributed by atoms with E-state index in [0.29, 0.717) is 16.3 Å². The van der Waals surface area contributed by atoms with E-state index in [1.165, 1.54) is 30.3 Å². The molecule has 4 aromatic rings. The third kappa shape index (κ3) is 5.10. The quantitative estimate of drug-likeness (QED) is 0.233. The van der Waals surface area contributed by atoms with Crippen molar-refractivity contribution in [3.8, 4) is 22.7 Å². The zero-order valence-electron chi connectivity index (χ0n) is 16.7. The molecule has 4 nitrogen and oxygen atoms in total. The highest BCUT2D eigenvalue weighted by Crippen LogP contribution is 2.27. The van der Waals surface area contributed by atoms with Gasteiger partial charge in [0, 0.05) is 27.9 Å². The second-order valence-corrected chi connectivity index (χ2v) is 7.26. The summed E-state index contributed by atoms with van der Waals surface area (Å²) in [5, 5.41) is 5.27. The van der Waals surface area contributed by atoms with E-state index in [2.05, 4.69) is 9.84 Å². The third-order valence-electron chi connectivity index (χ3n) is 4.64. The van der Waals surface area contributed by atoms with Gasteiger partial charge in [0.15, 0.2) is 5.78 Å². The number of aromatic nitrogens is 2. The SMILES string of the molecule is O=C(/C=C/c1cn(-c2ccccc2)nc1-c1cccc(Cl)c1)c1ccc(OC(F)F)cc1. The van der Waals surface area contributed by atoms with Crippen molar-refractivity contribution in [2.75, 3.05) is 0 Å². The number of ketones is 1. The Morgan fingerprint density at radius 2 is 1.75 bits per heavy atom. The van der Waals surface area contributed by atoms with Crippen molar-refractivity contribution in [1.29, 1.82) is 0 Å². The van der Waals surface area contributed by atoms with Gasteiger partial charge in [-0.15, -0.1) is 0 Å². The van der Waals surface area contributed by atoms with E-state index in [-0.39, 0.29) is 11.5 Å². The van der Waals surface area contributed by atoms with E-state index in [0.717, 1.165) is 16.8 Å². The average molecular weight is 451 g/mol. The van der Waals surface area contributed by atoms with Crippen molar-refractivity contribution >= 4 is 23.5 Å². The molecule has 0 spiro atoms. The topological polar surface area (TPSA) is 44.1 Å². The summed E-state index contributed by atoms with van der Waals surface area (Å²) in [5.41, 5.74) is 3.43. The van der Waals surface area contributed by atoms with Gasteiger partial charge in [-0.3, -0.25) is 4.79 Å². The minimum Gasteiger partial charge on any atom is -0.435 e. The summed E-state index contributed by atoms with van der Waals surface area (Å²) in [6.45, 7) is -2.91. The number of hydrogen-bond acceptors (Lipinski definition) is 3. The molecule has 0 saturated carbocycles. The number of rotatable bonds is 7. The van der Waals surface area contributed by atoms with E-state index in [1.54, 1.807) is 22.9 Å². The fraction of sp³-hybridized carbons (Fsp3) is 0.0400. The second kappa shape index (κ2) is 9.58. The fourth-order valence-electron chi connectivity index (χ4n) is 3.14. The molecule has 1 heterocycles. The number of hydrogen-bond donors (Lipinski definition) is 0. The normalized spacial score (nSPS) is 11.2. The van der Waals surface area contributed by atoms with Gasteiger partial charge >= 0.3 is 6.61 Å². The highest BCUT2D eigenvalue weighted by Gasteiger charge is 2.12. The van der Waals surface area contributed by atoms with Crippen LogP contribution in [0.1, 0.15) is 15.9 Å². The molecule has 3 aromatic carbocycles. The molecule has 32 heavy (non-hydrogen) atoms. The van der Waals surface area contributed by atoms with Crippen LogP contribution in [0.15, 0.2) is 91.1 Å². The number of halogens is 3. The van der Waals surface area contributed by atoms with Gasteiger partial charge in [0.25, 0.3) is 0 Å². The van der Waals surface area contributed by atoms with E-state index >= 15 is 0 Å². The number of para-hydroxylation sites is 1. The maximum absolute atomic E-state index is 12.6. The molecule has 0 N–H and O–H groups in total. The lowest BCUT2D eigenvalue weighted by atomic mass is 10.1. The highest BCUT2D eigenvalue weighted by molar-refractivity contribution is 6.30. The molecule has 0 atom stereocenters. The molecule has 0 aliphatic heterocycles. The van der Waals surface area contributed by atoms with Crippen LogP contribution < -0.4 is 4.74 Å². The smallest absolute Gasteiger partial charge is 0.387 e. The van der Waals surface area contributed by atoms with E-state index in [4.69, 9.17) is 11.6 Å². The van der Waals surface area contributed by atoms with Gasteiger partial charge in [-0.2, -0.15) is 13.9 Å². The minimum atomic E-state index is -2.91. The predicted octanol–water partition coefficient (Wildman–Crippen LogP) is 6.69. The van der Waals surface area contributed by atoms with Gasteiger partial charge in [-0.25, -0.2) is 4.68 Å². The fourth-order valence-corrected chi connectivity index (χ4v) is 3.33. The molecular weight excluding hydrogens is 434 g/mol. The van der Waals surface area contributed by atoms with Crippen molar-refractivity contribution in [1.82, 2.24) is 9.78 Å². The molecule has 160 valence electrons. The molecule has 0 unspecified atom stereocenters. The minimum absolute atomic E-state index is 0.00657. The van der Waals surface area contributed by atoms with Gasteiger partial charge in [-0.1, -0.05) is 41.9 Å².